The Morgan fingerprint density at radius 2 is 1.75 bits per heavy atom. The van der Waals surface area contributed by atoms with Crippen molar-refractivity contribution in [3.8, 4) is 11.3 Å². The Morgan fingerprint density at radius 3 is 2.36 bits per heavy atom. The van der Waals surface area contributed by atoms with E-state index in [0.717, 1.165) is 22.8 Å². The van der Waals surface area contributed by atoms with E-state index >= 15 is 0 Å². The number of nitrogens with zero attached hydrogens (tertiary/aromatic N) is 2. The molecule has 0 aliphatic heterocycles. The van der Waals surface area contributed by atoms with Gasteiger partial charge in [-0.1, -0.05) is 73.3 Å². The highest BCUT2D eigenvalue weighted by atomic mass is 16.1. The van der Waals surface area contributed by atoms with Crippen LogP contribution in [0.25, 0.3) is 11.3 Å². The number of nitrogens with one attached hydrogen (secondary N) is 1. The van der Waals surface area contributed by atoms with Crippen LogP contribution >= 0.6 is 0 Å². The summed E-state index contributed by atoms with van der Waals surface area (Å²) in [5.74, 6) is 0.648. The zero-order valence-corrected chi connectivity index (χ0v) is 16.2. The van der Waals surface area contributed by atoms with Gasteiger partial charge in [0, 0.05) is 29.8 Å². The highest BCUT2D eigenvalue weighted by Gasteiger charge is 2.18. The molecule has 1 N–H and O–H groups in total. The van der Waals surface area contributed by atoms with Crippen LogP contribution in [0.1, 0.15) is 24.0 Å². The fourth-order valence-corrected chi connectivity index (χ4v) is 3.11. The average Bonchev–Trinajstić information content (AvgIpc) is 3.05. The maximum Gasteiger partial charge on any atom is 0.246 e. The molecule has 1 aromatic heterocycles. The van der Waals surface area contributed by atoms with E-state index in [1.54, 1.807) is 6.92 Å². The van der Waals surface area contributed by atoms with Gasteiger partial charge in [-0.3, -0.25) is 4.79 Å². The van der Waals surface area contributed by atoms with E-state index in [1.807, 2.05) is 42.5 Å². The Kier molecular flexibility index (Phi) is 6.22. The molecule has 1 amide bonds. The normalized spacial score (nSPS) is 10.5. The number of carbonyl (C=O) groups is 1. The third kappa shape index (κ3) is 4.46. The Labute approximate surface area is 166 Å². The van der Waals surface area contributed by atoms with Crippen LogP contribution in [0.15, 0.2) is 85.5 Å². The van der Waals surface area contributed by atoms with Gasteiger partial charge in [0.15, 0.2) is 0 Å². The molecule has 1 heterocycles. The summed E-state index contributed by atoms with van der Waals surface area (Å²) in [4.78, 5) is 16.9. The maximum absolute atomic E-state index is 12.0. The highest BCUT2D eigenvalue weighted by molar-refractivity contribution is 5.91. The van der Waals surface area contributed by atoms with Crippen LogP contribution in [0.2, 0.25) is 0 Å². The molecule has 0 unspecified atom stereocenters. The van der Waals surface area contributed by atoms with E-state index in [4.69, 9.17) is 4.98 Å². The molecule has 0 radical (unpaired) electrons. The summed E-state index contributed by atoms with van der Waals surface area (Å²) < 4.78 is 2.18. The minimum atomic E-state index is -0.166. The number of rotatable bonds is 8. The lowest BCUT2D eigenvalue weighted by Gasteiger charge is -2.13. The second kappa shape index (κ2) is 9.00. The Morgan fingerprint density at radius 1 is 1.11 bits per heavy atom. The lowest BCUT2D eigenvalue weighted by atomic mass is 10.1. The van der Waals surface area contributed by atoms with Gasteiger partial charge in [0.25, 0.3) is 0 Å². The number of amides is 1. The first kappa shape index (κ1) is 19.4. The molecule has 0 aliphatic rings. The van der Waals surface area contributed by atoms with Crippen molar-refractivity contribution >= 4 is 5.91 Å². The summed E-state index contributed by atoms with van der Waals surface area (Å²) in [5, 5.41) is 2.91. The molecule has 4 nitrogen and oxygen atoms in total. The van der Waals surface area contributed by atoms with Crippen molar-refractivity contribution in [1.82, 2.24) is 14.9 Å². The second-order valence-electron chi connectivity index (χ2n) is 6.72. The van der Waals surface area contributed by atoms with E-state index in [-0.39, 0.29) is 5.91 Å². The van der Waals surface area contributed by atoms with Gasteiger partial charge in [-0.15, -0.1) is 6.58 Å². The fraction of sp³-hybridized carbons (Fsp3) is 0.167. The molecular formula is C24H25N3O. The molecule has 0 aliphatic carbocycles. The summed E-state index contributed by atoms with van der Waals surface area (Å²) in [6, 6.07) is 20.4. The number of hydrogen-bond donors (Lipinski definition) is 1. The molecule has 3 aromatic rings. The van der Waals surface area contributed by atoms with Crippen molar-refractivity contribution in [3.05, 3.63) is 103 Å². The standard InChI is InChI=1S/C24H25N3O/c1-4-11-21-23(20-14-9-6-10-15-20)26-22(16-25-24(28)18(2)3)27(21)17-19-12-7-5-8-13-19/h4-10,12-15H,1-2,11,16-17H2,3H3,(H,25,28). The van der Waals surface area contributed by atoms with Gasteiger partial charge in [-0.25, -0.2) is 4.98 Å². The van der Waals surface area contributed by atoms with Crippen LogP contribution < -0.4 is 5.32 Å². The summed E-state index contributed by atoms with van der Waals surface area (Å²) in [7, 11) is 0. The van der Waals surface area contributed by atoms with Crippen LogP contribution in [0.3, 0.4) is 0 Å². The van der Waals surface area contributed by atoms with Crippen LogP contribution in [0, 0.1) is 0 Å². The Balaban J connectivity index is 2.06. The molecule has 3 rings (SSSR count). The Hall–Kier alpha value is -3.40. The largest absolute Gasteiger partial charge is 0.345 e. The topological polar surface area (TPSA) is 46.9 Å². The third-order valence-corrected chi connectivity index (χ3v) is 4.51. The van der Waals surface area contributed by atoms with Gasteiger partial charge in [-0.05, 0) is 12.5 Å². The number of imidazole rings is 1. The first-order valence-corrected chi connectivity index (χ1v) is 9.32. The van der Waals surface area contributed by atoms with E-state index < -0.39 is 0 Å². The Bertz CT molecular complexity index is 972. The first-order chi connectivity index (χ1) is 13.6. The molecule has 0 saturated carbocycles. The first-order valence-electron chi connectivity index (χ1n) is 9.32. The van der Waals surface area contributed by atoms with Gasteiger partial charge < -0.3 is 9.88 Å². The minimum Gasteiger partial charge on any atom is -0.345 e. The number of hydrogen-bond acceptors (Lipinski definition) is 2. The number of benzene rings is 2. The molecule has 0 saturated heterocycles. The highest BCUT2D eigenvalue weighted by Crippen LogP contribution is 2.26. The van der Waals surface area contributed by atoms with E-state index in [9.17, 15) is 4.79 Å². The van der Waals surface area contributed by atoms with Crippen molar-refractivity contribution < 1.29 is 4.79 Å². The molecule has 0 spiro atoms. The summed E-state index contributed by atoms with van der Waals surface area (Å²) in [6.45, 7) is 10.4. The summed E-state index contributed by atoms with van der Waals surface area (Å²) in [5.41, 5.74) is 4.73. The maximum atomic E-state index is 12.0. The van der Waals surface area contributed by atoms with Crippen molar-refractivity contribution in [3.63, 3.8) is 0 Å². The molecule has 28 heavy (non-hydrogen) atoms. The van der Waals surface area contributed by atoms with Gasteiger partial charge in [0.05, 0.1) is 12.2 Å². The van der Waals surface area contributed by atoms with Crippen molar-refractivity contribution in [2.24, 2.45) is 0 Å². The fourth-order valence-electron chi connectivity index (χ4n) is 3.11. The predicted octanol–water partition coefficient (Wildman–Crippen LogP) is 4.52. The van der Waals surface area contributed by atoms with E-state index in [0.29, 0.717) is 25.1 Å². The van der Waals surface area contributed by atoms with Gasteiger partial charge >= 0.3 is 0 Å². The lowest BCUT2D eigenvalue weighted by Crippen LogP contribution is -2.25. The van der Waals surface area contributed by atoms with Crippen molar-refractivity contribution in [2.45, 2.75) is 26.4 Å². The molecular weight excluding hydrogens is 346 g/mol. The monoisotopic (exact) mass is 371 g/mol. The quantitative estimate of drug-likeness (QED) is 0.467. The molecule has 4 heteroatoms. The van der Waals surface area contributed by atoms with Crippen LogP contribution in [-0.2, 0) is 24.3 Å². The predicted molar refractivity (Wildman–Crippen MR) is 114 cm³/mol. The number of aromatic nitrogens is 2. The summed E-state index contributed by atoms with van der Waals surface area (Å²) >= 11 is 0. The smallest absolute Gasteiger partial charge is 0.246 e. The van der Waals surface area contributed by atoms with Crippen LogP contribution in [0.5, 0.6) is 0 Å². The van der Waals surface area contributed by atoms with Crippen LogP contribution in [0.4, 0.5) is 0 Å². The van der Waals surface area contributed by atoms with Crippen molar-refractivity contribution in [2.75, 3.05) is 0 Å². The average molecular weight is 371 g/mol. The van der Waals surface area contributed by atoms with Crippen molar-refractivity contribution in [1.29, 1.82) is 0 Å². The van der Waals surface area contributed by atoms with E-state index in [1.165, 1.54) is 5.56 Å². The van der Waals surface area contributed by atoms with E-state index in [2.05, 4.69) is 47.3 Å². The minimum absolute atomic E-state index is 0.166. The SMILES string of the molecule is C=CCc1c(-c2ccccc2)nc(CNC(=O)C(=C)C)n1Cc1ccccc1. The third-order valence-electron chi connectivity index (χ3n) is 4.51. The van der Waals surface area contributed by atoms with Crippen LogP contribution in [-0.4, -0.2) is 15.5 Å². The number of carbonyl (C=O) groups excluding carboxylic acids is 1. The molecule has 0 fully saturated rings. The van der Waals surface area contributed by atoms with Gasteiger partial charge in [0.2, 0.25) is 5.91 Å². The van der Waals surface area contributed by atoms with Gasteiger partial charge in [-0.2, -0.15) is 0 Å². The zero-order chi connectivity index (χ0) is 19.9. The molecule has 0 bridgehead atoms. The second-order valence-corrected chi connectivity index (χ2v) is 6.72. The summed E-state index contributed by atoms with van der Waals surface area (Å²) in [6.07, 6.45) is 2.58. The molecule has 142 valence electrons. The lowest BCUT2D eigenvalue weighted by molar-refractivity contribution is -0.117. The molecule has 0 atom stereocenters. The van der Waals surface area contributed by atoms with Gasteiger partial charge in [0.1, 0.15) is 5.82 Å². The molecule has 2 aromatic carbocycles. The zero-order valence-electron chi connectivity index (χ0n) is 16.2. The number of allylic oxidation sites excluding steroid dienone is 1.